The van der Waals surface area contributed by atoms with Crippen molar-refractivity contribution in [3.05, 3.63) is 48.8 Å². The first-order chi connectivity index (χ1) is 9.24. The first-order valence-electron chi connectivity index (χ1n) is 5.24. The number of H-pyrrole nitrogens is 1. The Kier molecular flexibility index (Phi) is 6.59. The molecule has 0 saturated heterocycles. The van der Waals surface area contributed by atoms with E-state index < -0.39 is 25.0 Å². The molecular formula is C10H11BrIN2O5P. The molecule has 10 heteroatoms. The third kappa shape index (κ3) is 5.49. The zero-order chi connectivity index (χ0) is 15.3. The standard InChI is InChI=1S/C10H11BrIN2O5P/c11-8(5-12)7-6-14(10(16)13-9(7)15)3-1-2-4-20(17,18)19/h1-2,5-6H,3-4H2,(H,13,15,16)(H2,17,18,19)/b2-1+,8-5+. The smallest absolute Gasteiger partial charge is 0.324 e. The van der Waals surface area contributed by atoms with Crippen LogP contribution in [-0.2, 0) is 11.1 Å². The van der Waals surface area contributed by atoms with Crippen molar-refractivity contribution >= 4 is 50.6 Å². The van der Waals surface area contributed by atoms with Crippen molar-refractivity contribution in [2.45, 2.75) is 6.54 Å². The zero-order valence-electron chi connectivity index (χ0n) is 9.99. The molecule has 1 aromatic rings. The van der Waals surface area contributed by atoms with E-state index in [9.17, 15) is 14.2 Å². The summed E-state index contributed by atoms with van der Waals surface area (Å²) in [6.07, 6.45) is 3.73. The first-order valence-corrected chi connectivity index (χ1v) is 9.08. The van der Waals surface area contributed by atoms with Crippen molar-refractivity contribution in [3.63, 3.8) is 0 Å². The summed E-state index contributed by atoms with van der Waals surface area (Å²) in [5.41, 5.74) is -0.805. The second-order valence-corrected chi connectivity index (χ2v) is 6.90. The normalized spacial score (nSPS) is 13.1. The third-order valence-electron chi connectivity index (χ3n) is 2.18. The molecule has 0 unspecified atom stereocenters. The van der Waals surface area contributed by atoms with Gasteiger partial charge in [0.05, 0.1) is 11.7 Å². The highest BCUT2D eigenvalue weighted by molar-refractivity contribution is 14.1. The zero-order valence-corrected chi connectivity index (χ0v) is 14.6. The van der Waals surface area contributed by atoms with Gasteiger partial charge in [0, 0.05) is 17.2 Å². The van der Waals surface area contributed by atoms with Gasteiger partial charge in [-0.05, 0) is 20.0 Å². The first kappa shape index (κ1) is 17.6. The maximum atomic E-state index is 11.6. The topological polar surface area (TPSA) is 112 Å². The van der Waals surface area contributed by atoms with Crippen LogP contribution in [0.4, 0.5) is 0 Å². The largest absolute Gasteiger partial charge is 0.329 e. The van der Waals surface area contributed by atoms with E-state index in [2.05, 4.69) is 20.9 Å². The summed E-state index contributed by atoms with van der Waals surface area (Å²) in [7, 11) is -4.09. The highest BCUT2D eigenvalue weighted by atomic mass is 127. The fraction of sp³-hybridized carbons (Fsp3) is 0.200. The van der Waals surface area contributed by atoms with Crippen molar-refractivity contribution in [1.82, 2.24) is 9.55 Å². The highest BCUT2D eigenvalue weighted by Gasteiger charge is 2.09. The molecule has 3 N–H and O–H groups in total. The van der Waals surface area contributed by atoms with Crippen LogP contribution in [0.3, 0.4) is 0 Å². The van der Waals surface area contributed by atoms with E-state index in [-0.39, 0.29) is 6.54 Å². The number of allylic oxidation sites excluding steroid dienone is 2. The van der Waals surface area contributed by atoms with Crippen molar-refractivity contribution < 1.29 is 14.4 Å². The Morgan fingerprint density at radius 1 is 1.45 bits per heavy atom. The van der Waals surface area contributed by atoms with Crippen LogP contribution in [0.5, 0.6) is 0 Å². The van der Waals surface area contributed by atoms with E-state index >= 15 is 0 Å². The van der Waals surface area contributed by atoms with Gasteiger partial charge in [0.1, 0.15) is 0 Å². The second-order valence-electron chi connectivity index (χ2n) is 3.73. The molecule has 0 saturated carbocycles. The molecule has 0 bridgehead atoms. The van der Waals surface area contributed by atoms with Crippen molar-refractivity contribution in [2.75, 3.05) is 6.16 Å². The molecule has 1 aromatic heterocycles. The summed E-state index contributed by atoms with van der Waals surface area (Å²) in [6, 6.07) is 0. The predicted octanol–water partition coefficient (Wildman–Crippen LogP) is 1.40. The SMILES string of the molecule is O=c1[nH]c(=O)n(C/C=C/CP(=O)(O)O)cc1/C(Br)=C\I. The summed E-state index contributed by atoms with van der Waals surface area (Å²) < 4.78 is 14.1. The summed E-state index contributed by atoms with van der Waals surface area (Å²) >= 11 is 5.15. The quantitative estimate of drug-likeness (QED) is 0.338. The number of aromatic amines is 1. The van der Waals surface area contributed by atoms with Gasteiger partial charge in [0.2, 0.25) is 0 Å². The Bertz CT molecular complexity index is 702. The maximum absolute atomic E-state index is 11.6. The van der Waals surface area contributed by atoms with E-state index in [0.29, 0.717) is 10.0 Å². The van der Waals surface area contributed by atoms with Crippen LogP contribution in [0, 0.1) is 0 Å². The van der Waals surface area contributed by atoms with E-state index in [4.69, 9.17) is 9.79 Å². The minimum absolute atomic E-state index is 0.101. The molecule has 110 valence electrons. The number of hydrogen-bond acceptors (Lipinski definition) is 3. The average molecular weight is 477 g/mol. The molecule has 0 aliphatic heterocycles. The second kappa shape index (κ2) is 7.51. The molecule has 0 aromatic carbocycles. The fourth-order valence-electron chi connectivity index (χ4n) is 1.27. The van der Waals surface area contributed by atoms with E-state index in [0.717, 1.165) is 0 Å². The lowest BCUT2D eigenvalue weighted by molar-refractivity contribution is 0.377. The summed E-state index contributed by atoms with van der Waals surface area (Å²) in [6.45, 7) is 0.101. The number of halogens is 2. The number of hydrogen-bond donors (Lipinski definition) is 3. The lowest BCUT2D eigenvalue weighted by atomic mass is 10.3. The van der Waals surface area contributed by atoms with Crippen molar-refractivity contribution in [1.29, 1.82) is 0 Å². The lowest BCUT2D eigenvalue weighted by Gasteiger charge is -2.04. The Balaban J connectivity index is 3.00. The van der Waals surface area contributed by atoms with Gasteiger partial charge in [0.15, 0.2) is 0 Å². The Morgan fingerprint density at radius 3 is 2.65 bits per heavy atom. The van der Waals surface area contributed by atoms with Crippen LogP contribution in [0.1, 0.15) is 5.56 Å². The van der Waals surface area contributed by atoms with Gasteiger partial charge >= 0.3 is 13.3 Å². The van der Waals surface area contributed by atoms with Gasteiger partial charge in [-0.25, -0.2) is 4.79 Å². The Morgan fingerprint density at radius 2 is 2.10 bits per heavy atom. The number of nitrogens with zero attached hydrogens (tertiary/aromatic N) is 1. The molecule has 0 fully saturated rings. The Labute approximate surface area is 135 Å². The maximum Gasteiger partial charge on any atom is 0.329 e. The van der Waals surface area contributed by atoms with Crippen LogP contribution < -0.4 is 11.2 Å². The average Bonchev–Trinajstić information content (AvgIpc) is 2.34. The van der Waals surface area contributed by atoms with Crippen molar-refractivity contribution in [3.8, 4) is 0 Å². The summed E-state index contributed by atoms with van der Waals surface area (Å²) in [4.78, 5) is 42.7. The molecule has 7 nitrogen and oxygen atoms in total. The van der Waals surface area contributed by atoms with Crippen molar-refractivity contribution in [2.24, 2.45) is 0 Å². The van der Waals surface area contributed by atoms with Gasteiger partial charge in [0.25, 0.3) is 5.56 Å². The Hall–Kier alpha value is -0.480. The monoisotopic (exact) mass is 476 g/mol. The number of rotatable bonds is 5. The summed E-state index contributed by atoms with van der Waals surface area (Å²) in [5, 5.41) is 0. The minimum atomic E-state index is -4.09. The number of aromatic nitrogens is 2. The van der Waals surface area contributed by atoms with E-state index in [1.165, 1.54) is 22.9 Å². The minimum Gasteiger partial charge on any atom is -0.324 e. The molecule has 1 rings (SSSR count). The van der Waals surface area contributed by atoms with Crippen LogP contribution in [0.2, 0.25) is 0 Å². The molecule has 0 amide bonds. The van der Waals surface area contributed by atoms with Crippen LogP contribution in [0.15, 0.2) is 32.0 Å². The van der Waals surface area contributed by atoms with Gasteiger partial charge in [-0.1, -0.05) is 34.7 Å². The molecule has 0 aliphatic rings. The molecule has 20 heavy (non-hydrogen) atoms. The van der Waals surface area contributed by atoms with Crippen LogP contribution in [0.25, 0.3) is 4.48 Å². The van der Waals surface area contributed by atoms with E-state index in [1.807, 2.05) is 22.6 Å². The summed E-state index contributed by atoms with van der Waals surface area (Å²) in [5.74, 6) is 0. The van der Waals surface area contributed by atoms with Gasteiger partial charge in [-0.2, -0.15) is 0 Å². The highest BCUT2D eigenvalue weighted by Crippen LogP contribution is 2.33. The molecule has 1 heterocycles. The molecule has 0 atom stereocenters. The molecular weight excluding hydrogens is 466 g/mol. The molecule has 0 radical (unpaired) electrons. The third-order valence-corrected chi connectivity index (χ3v) is 5.00. The van der Waals surface area contributed by atoms with Gasteiger partial charge < -0.3 is 9.79 Å². The van der Waals surface area contributed by atoms with Gasteiger partial charge in [-0.15, -0.1) is 0 Å². The fourth-order valence-corrected chi connectivity index (χ4v) is 2.32. The predicted molar refractivity (Wildman–Crippen MR) is 88.3 cm³/mol. The molecule has 0 spiro atoms. The van der Waals surface area contributed by atoms with E-state index in [1.54, 1.807) is 4.08 Å². The van der Waals surface area contributed by atoms with Crippen LogP contribution in [-0.4, -0.2) is 25.5 Å². The number of nitrogens with one attached hydrogen (secondary N) is 1. The van der Waals surface area contributed by atoms with Gasteiger partial charge in [-0.3, -0.25) is 18.9 Å². The molecule has 0 aliphatic carbocycles. The lowest BCUT2D eigenvalue weighted by Crippen LogP contribution is -2.30. The van der Waals surface area contributed by atoms with Crippen LogP contribution >= 0.6 is 46.1 Å².